The summed E-state index contributed by atoms with van der Waals surface area (Å²) >= 11 is 5.68. The molecule has 1 aliphatic heterocycles. The molecule has 5 heteroatoms. The van der Waals surface area contributed by atoms with E-state index in [1.165, 1.54) is 18.9 Å². The van der Waals surface area contributed by atoms with Crippen LogP contribution in [0, 0.1) is 11.7 Å². The number of nitrogens with one attached hydrogen (secondary N) is 1. The minimum Gasteiger partial charge on any atom is -0.316 e. The molecule has 1 heterocycles. The standard InChI is InChI=1S/C14H20ClFN2.ClH/c1-18(10-12-3-2-6-17-8-12)9-11-4-5-13(15)14(16)7-11;/h4-5,7,12,17H,2-3,6,8-10H2,1H3;1H. The molecule has 1 saturated heterocycles. The van der Waals surface area contributed by atoms with Gasteiger partial charge in [-0.2, -0.15) is 0 Å². The predicted octanol–water partition coefficient (Wildman–Crippen LogP) is 3.33. The van der Waals surface area contributed by atoms with Crippen LogP contribution < -0.4 is 5.32 Å². The first-order chi connectivity index (χ1) is 8.65. The molecule has 1 unspecified atom stereocenters. The molecule has 1 aliphatic rings. The van der Waals surface area contributed by atoms with Gasteiger partial charge in [-0.05, 0) is 56.6 Å². The fourth-order valence-electron chi connectivity index (χ4n) is 2.53. The van der Waals surface area contributed by atoms with E-state index in [9.17, 15) is 4.39 Å². The summed E-state index contributed by atoms with van der Waals surface area (Å²) in [4.78, 5) is 2.25. The summed E-state index contributed by atoms with van der Waals surface area (Å²) in [6.07, 6.45) is 2.54. The first kappa shape index (κ1) is 16.7. The molecule has 19 heavy (non-hydrogen) atoms. The smallest absolute Gasteiger partial charge is 0.142 e. The van der Waals surface area contributed by atoms with Crippen molar-refractivity contribution in [2.24, 2.45) is 5.92 Å². The Hall–Kier alpha value is -0.350. The van der Waals surface area contributed by atoms with E-state index in [1.54, 1.807) is 6.07 Å². The summed E-state index contributed by atoms with van der Waals surface area (Å²) in [5.74, 6) is 0.378. The Morgan fingerprint density at radius 2 is 2.26 bits per heavy atom. The zero-order chi connectivity index (χ0) is 13.0. The molecule has 1 aromatic rings. The van der Waals surface area contributed by atoms with Crippen molar-refractivity contribution in [1.29, 1.82) is 0 Å². The van der Waals surface area contributed by atoms with E-state index in [-0.39, 0.29) is 23.2 Å². The third kappa shape index (κ3) is 5.27. The van der Waals surface area contributed by atoms with Crippen LogP contribution >= 0.6 is 24.0 Å². The minimum atomic E-state index is -0.332. The van der Waals surface area contributed by atoms with Crippen LogP contribution in [0.4, 0.5) is 4.39 Å². The molecule has 1 aromatic carbocycles. The Balaban J connectivity index is 0.00000180. The minimum absolute atomic E-state index is 0. The maximum Gasteiger partial charge on any atom is 0.142 e. The molecule has 0 aliphatic carbocycles. The van der Waals surface area contributed by atoms with Crippen molar-refractivity contribution in [3.8, 4) is 0 Å². The average Bonchev–Trinajstić information content (AvgIpc) is 2.35. The van der Waals surface area contributed by atoms with Gasteiger partial charge in [0, 0.05) is 13.1 Å². The first-order valence-corrected chi connectivity index (χ1v) is 6.86. The fourth-order valence-corrected chi connectivity index (χ4v) is 2.65. The Morgan fingerprint density at radius 3 is 2.89 bits per heavy atom. The van der Waals surface area contributed by atoms with Gasteiger partial charge in [-0.15, -0.1) is 12.4 Å². The van der Waals surface area contributed by atoms with Gasteiger partial charge in [-0.25, -0.2) is 4.39 Å². The summed E-state index contributed by atoms with van der Waals surface area (Å²) < 4.78 is 13.3. The van der Waals surface area contributed by atoms with Crippen LogP contribution in [0.5, 0.6) is 0 Å². The van der Waals surface area contributed by atoms with Gasteiger partial charge in [0.05, 0.1) is 5.02 Å². The van der Waals surface area contributed by atoms with E-state index in [4.69, 9.17) is 11.6 Å². The quantitative estimate of drug-likeness (QED) is 0.918. The van der Waals surface area contributed by atoms with Crippen molar-refractivity contribution in [1.82, 2.24) is 10.2 Å². The SMILES string of the molecule is CN(Cc1ccc(Cl)c(F)c1)CC1CCCNC1.Cl. The van der Waals surface area contributed by atoms with Crippen LogP contribution in [0.15, 0.2) is 18.2 Å². The molecule has 108 valence electrons. The molecular formula is C14H21Cl2FN2. The lowest BCUT2D eigenvalue weighted by Gasteiger charge is -2.27. The number of rotatable bonds is 4. The van der Waals surface area contributed by atoms with E-state index >= 15 is 0 Å². The molecule has 1 fully saturated rings. The second-order valence-electron chi connectivity index (χ2n) is 5.16. The van der Waals surface area contributed by atoms with Gasteiger partial charge in [0.2, 0.25) is 0 Å². The number of hydrogen-bond acceptors (Lipinski definition) is 2. The highest BCUT2D eigenvalue weighted by molar-refractivity contribution is 6.30. The predicted molar refractivity (Wildman–Crippen MR) is 80.6 cm³/mol. The lowest BCUT2D eigenvalue weighted by molar-refractivity contribution is 0.237. The molecule has 2 rings (SSSR count). The number of piperidine rings is 1. The number of hydrogen-bond donors (Lipinski definition) is 1. The Kier molecular flexibility index (Phi) is 7.08. The van der Waals surface area contributed by atoms with Crippen molar-refractivity contribution < 1.29 is 4.39 Å². The Labute approximate surface area is 125 Å². The van der Waals surface area contributed by atoms with E-state index in [0.29, 0.717) is 5.92 Å². The van der Waals surface area contributed by atoms with Crippen molar-refractivity contribution >= 4 is 24.0 Å². The van der Waals surface area contributed by atoms with Gasteiger partial charge >= 0.3 is 0 Å². The van der Waals surface area contributed by atoms with Crippen molar-refractivity contribution in [3.63, 3.8) is 0 Å². The molecule has 0 aromatic heterocycles. The second kappa shape index (κ2) is 8.05. The lowest BCUT2D eigenvalue weighted by Crippen LogP contribution is -2.36. The van der Waals surface area contributed by atoms with Gasteiger partial charge in [0.1, 0.15) is 5.82 Å². The zero-order valence-electron chi connectivity index (χ0n) is 11.2. The number of nitrogens with zero attached hydrogens (tertiary/aromatic N) is 1. The van der Waals surface area contributed by atoms with Gasteiger partial charge in [0.25, 0.3) is 0 Å². The van der Waals surface area contributed by atoms with Crippen LogP contribution in [-0.2, 0) is 6.54 Å². The maximum atomic E-state index is 13.3. The Morgan fingerprint density at radius 1 is 1.47 bits per heavy atom. The van der Waals surface area contributed by atoms with Gasteiger partial charge in [-0.3, -0.25) is 0 Å². The maximum absolute atomic E-state index is 13.3. The van der Waals surface area contributed by atoms with Gasteiger partial charge in [0.15, 0.2) is 0 Å². The van der Waals surface area contributed by atoms with Crippen LogP contribution in [0.25, 0.3) is 0 Å². The molecular weight excluding hydrogens is 286 g/mol. The van der Waals surface area contributed by atoms with Crippen LogP contribution in [0.1, 0.15) is 18.4 Å². The topological polar surface area (TPSA) is 15.3 Å². The molecule has 1 N–H and O–H groups in total. The zero-order valence-corrected chi connectivity index (χ0v) is 12.7. The van der Waals surface area contributed by atoms with E-state index < -0.39 is 0 Å². The highest BCUT2D eigenvalue weighted by Gasteiger charge is 2.15. The molecule has 0 amide bonds. The van der Waals surface area contributed by atoms with Crippen LogP contribution in [0.3, 0.4) is 0 Å². The average molecular weight is 307 g/mol. The molecule has 0 bridgehead atoms. The van der Waals surface area contributed by atoms with Crippen molar-refractivity contribution in [2.75, 3.05) is 26.7 Å². The number of halogens is 3. The highest BCUT2D eigenvalue weighted by Crippen LogP contribution is 2.17. The summed E-state index contributed by atoms with van der Waals surface area (Å²) in [6, 6.07) is 5.04. The van der Waals surface area contributed by atoms with Gasteiger partial charge < -0.3 is 10.2 Å². The third-order valence-corrected chi connectivity index (χ3v) is 3.71. The third-order valence-electron chi connectivity index (χ3n) is 3.41. The van der Waals surface area contributed by atoms with Crippen LogP contribution in [-0.4, -0.2) is 31.6 Å². The lowest BCUT2D eigenvalue weighted by atomic mass is 9.99. The Bertz CT molecular complexity index is 395. The second-order valence-corrected chi connectivity index (χ2v) is 5.56. The fraction of sp³-hybridized carbons (Fsp3) is 0.571. The largest absolute Gasteiger partial charge is 0.316 e. The van der Waals surface area contributed by atoms with Crippen molar-refractivity contribution in [3.05, 3.63) is 34.6 Å². The molecule has 1 atom stereocenters. The summed E-state index contributed by atoms with van der Waals surface area (Å²) in [5.41, 5.74) is 0.975. The summed E-state index contributed by atoms with van der Waals surface area (Å²) in [5, 5.41) is 3.61. The van der Waals surface area contributed by atoms with Crippen LogP contribution in [0.2, 0.25) is 5.02 Å². The molecule has 0 radical (unpaired) electrons. The molecule has 0 saturated carbocycles. The number of benzene rings is 1. The monoisotopic (exact) mass is 306 g/mol. The first-order valence-electron chi connectivity index (χ1n) is 6.48. The van der Waals surface area contributed by atoms with E-state index in [1.807, 2.05) is 6.07 Å². The molecule has 0 spiro atoms. The van der Waals surface area contributed by atoms with E-state index in [0.717, 1.165) is 31.7 Å². The summed E-state index contributed by atoms with van der Waals surface area (Å²) in [7, 11) is 2.08. The van der Waals surface area contributed by atoms with Crippen molar-refractivity contribution in [2.45, 2.75) is 19.4 Å². The normalized spacial score (nSPS) is 19.3. The van der Waals surface area contributed by atoms with E-state index in [2.05, 4.69) is 17.3 Å². The molecule has 2 nitrogen and oxygen atoms in total. The van der Waals surface area contributed by atoms with Gasteiger partial charge in [-0.1, -0.05) is 17.7 Å². The summed E-state index contributed by atoms with van der Waals surface area (Å²) in [6.45, 7) is 4.06. The highest BCUT2D eigenvalue weighted by atomic mass is 35.5.